The number of nitro groups is 1. The minimum atomic E-state index is -0.567. The minimum absolute atomic E-state index is 0.0704. The molecule has 2 aliphatic heterocycles. The number of fused-ring (bicyclic) bond motifs is 1. The van der Waals surface area contributed by atoms with Gasteiger partial charge in [0.15, 0.2) is 10.9 Å². The summed E-state index contributed by atoms with van der Waals surface area (Å²) >= 11 is 4.80. The van der Waals surface area contributed by atoms with Crippen molar-refractivity contribution in [3.05, 3.63) is 33.5 Å². The Balaban J connectivity index is 2.05. The van der Waals surface area contributed by atoms with Crippen LogP contribution < -0.4 is 20.1 Å². The molecule has 0 bridgehead atoms. The van der Waals surface area contributed by atoms with E-state index in [1.54, 1.807) is 6.07 Å². The van der Waals surface area contributed by atoms with Crippen molar-refractivity contribution in [1.29, 1.82) is 0 Å². The van der Waals surface area contributed by atoms with Crippen molar-refractivity contribution in [2.75, 3.05) is 6.79 Å². The summed E-state index contributed by atoms with van der Waals surface area (Å²) in [4.78, 5) is 22.0. The fourth-order valence-electron chi connectivity index (χ4n) is 1.88. The van der Waals surface area contributed by atoms with Gasteiger partial charge in [-0.3, -0.25) is 20.2 Å². The van der Waals surface area contributed by atoms with Gasteiger partial charge in [0, 0.05) is 6.07 Å². The quantitative estimate of drug-likeness (QED) is 0.357. The van der Waals surface area contributed by atoms with E-state index in [9.17, 15) is 14.9 Å². The number of thiocarbonyl (C=S) groups is 1. The molecular weight excluding hydrogens is 286 g/mol. The maximum atomic E-state index is 11.5. The molecule has 0 radical (unpaired) electrons. The fraction of sp³-hybridized carbons (Fsp3) is 0.0909. The third kappa shape index (κ3) is 2.03. The van der Waals surface area contributed by atoms with Crippen molar-refractivity contribution in [1.82, 2.24) is 10.6 Å². The third-order valence-electron chi connectivity index (χ3n) is 2.70. The average Bonchev–Trinajstić information content (AvgIpc) is 2.95. The zero-order valence-electron chi connectivity index (χ0n) is 9.84. The molecule has 0 atom stereocenters. The Morgan fingerprint density at radius 3 is 2.80 bits per heavy atom. The van der Waals surface area contributed by atoms with Crippen molar-refractivity contribution in [2.24, 2.45) is 0 Å². The Morgan fingerprint density at radius 1 is 1.35 bits per heavy atom. The van der Waals surface area contributed by atoms with E-state index in [0.717, 1.165) is 0 Å². The second-order valence-electron chi connectivity index (χ2n) is 4.00. The zero-order chi connectivity index (χ0) is 14.3. The van der Waals surface area contributed by atoms with Gasteiger partial charge >= 0.3 is 5.69 Å². The Labute approximate surface area is 117 Å². The van der Waals surface area contributed by atoms with E-state index in [4.69, 9.17) is 21.7 Å². The lowest BCUT2D eigenvalue weighted by Crippen LogP contribution is -2.21. The van der Waals surface area contributed by atoms with Gasteiger partial charge in [0.2, 0.25) is 12.5 Å². The first-order valence-electron chi connectivity index (χ1n) is 5.46. The molecule has 2 aliphatic rings. The number of amides is 1. The maximum Gasteiger partial charge on any atom is 0.315 e. The molecule has 102 valence electrons. The van der Waals surface area contributed by atoms with Crippen LogP contribution in [0.1, 0.15) is 5.56 Å². The van der Waals surface area contributed by atoms with Crippen LogP contribution in [0.15, 0.2) is 17.8 Å². The molecule has 8 nitrogen and oxygen atoms in total. The number of hydrogen-bond donors (Lipinski definition) is 2. The van der Waals surface area contributed by atoms with Crippen LogP contribution in [0.2, 0.25) is 0 Å². The van der Waals surface area contributed by atoms with Crippen molar-refractivity contribution < 1.29 is 19.2 Å². The summed E-state index contributed by atoms with van der Waals surface area (Å²) in [5.41, 5.74) is 0.430. The number of ether oxygens (including phenoxy) is 2. The number of nitrogens with zero attached hydrogens (tertiary/aromatic N) is 1. The zero-order valence-corrected chi connectivity index (χ0v) is 10.7. The first-order chi connectivity index (χ1) is 9.54. The van der Waals surface area contributed by atoms with Gasteiger partial charge in [0.05, 0.1) is 4.92 Å². The molecule has 0 unspecified atom stereocenters. The van der Waals surface area contributed by atoms with Crippen molar-refractivity contribution >= 4 is 35.0 Å². The lowest BCUT2D eigenvalue weighted by atomic mass is 10.1. The van der Waals surface area contributed by atoms with Gasteiger partial charge in [-0.15, -0.1) is 0 Å². The molecule has 0 saturated carbocycles. The highest BCUT2D eigenvalue weighted by atomic mass is 32.1. The first kappa shape index (κ1) is 12.4. The summed E-state index contributed by atoms with van der Waals surface area (Å²) in [6, 6.07) is 2.86. The summed E-state index contributed by atoms with van der Waals surface area (Å²) in [5, 5.41) is 16.2. The highest BCUT2D eigenvalue weighted by Crippen LogP contribution is 2.41. The van der Waals surface area contributed by atoms with Crippen molar-refractivity contribution in [3.63, 3.8) is 0 Å². The number of carbonyl (C=O) groups is 1. The molecule has 0 aromatic heterocycles. The molecule has 0 spiro atoms. The van der Waals surface area contributed by atoms with Gasteiger partial charge in [0.1, 0.15) is 5.70 Å². The largest absolute Gasteiger partial charge is 0.453 e. The summed E-state index contributed by atoms with van der Waals surface area (Å²) in [7, 11) is 0. The number of hydrogen-bond acceptors (Lipinski definition) is 6. The number of benzene rings is 1. The van der Waals surface area contributed by atoms with E-state index in [2.05, 4.69) is 10.6 Å². The van der Waals surface area contributed by atoms with Gasteiger partial charge in [0.25, 0.3) is 5.91 Å². The Kier molecular flexibility index (Phi) is 2.75. The third-order valence-corrected chi connectivity index (χ3v) is 2.91. The SMILES string of the molecule is O=C1NC(=S)NC1=Cc1cc2c(c([N+](=O)[O-])c1)OCO2. The normalized spacial score (nSPS) is 18.1. The van der Waals surface area contributed by atoms with Crippen LogP contribution in [0, 0.1) is 10.1 Å². The highest BCUT2D eigenvalue weighted by molar-refractivity contribution is 7.80. The van der Waals surface area contributed by atoms with Crippen LogP contribution in [-0.2, 0) is 4.79 Å². The first-order valence-corrected chi connectivity index (χ1v) is 5.87. The van der Waals surface area contributed by atoms with Crippen LogP contribution in [0.4, 0.5) is 5.69 Å². The number of carbonyl (C=O) groups excluding carboxylic acids is 1. The van der Waals surface area contributed by atoms with E-state index in [1.807, 2.05) is 0 Å². The molecule has 0 aliphatic carbocycles. The summed E-state index contributed by atoms with van der Waals surface area (Å²) < 4.78 is 10.2. The van der Waals surface area contributed by atoms with E-state index >= 15 is 0 Å². The Hall–Kier alpha value is -2.68. The van der Waals surface area contributed by atoms with Gasteiger partial charge in [-0.05, 0) is 29.9 Å². The number of nitrogens with one attached hydrogen (secondary N) is 2. The highest BCUT2D eigenvalue weighted by Gasteiger charge is 2.27. The average molecular weight is 293 g/mol. The van der Waals surface area contributed by atoms with Crippen molar-refractivity contribution in [2.45, 2.75) is 0 Å². The predicted octanol–water partition coefficient (Wildman–Crippen LogP) is 0.669. The second-order valence-corrected chi connectivity index (χ2v) is 4.41. The molecule has 1 aromatic carbocycles. The minimum Gasteiger partial charge on any atom is -0.453 e. The lowest BCUT2D eigenvalue weighted by molar-refractivity contribution is -0.385. The molecule has 1 aromatic rings. The van der Waals surface area contributed by atoms with Gasteiger partial charge < -0.3 is 14.8 Å². The lowest BCUT2D eigenvalue weighted by Gasteiger charge is -2.01. The van der Waals surface area contributed by atoms with E-state index < -0.39 is 10.8 Å². The topological polar surface area (TPSA) is 103 Å². The molecule has 1 amide bonds. The fourth-order valence-corrected chi connectivity index (χ4v) is 2.08. The molecule has 1 fully saturated rings. The Morgan fingerprint density at radius 2 is 2.15 bits per heavy atom. The summed E-state index contributed by atoms with van der Waals surface area (Å²) in [5.74, 6) is -0.0288. The van der Waals surface area contributed by atoms with Gasteiger partial charge in [-0.25, -0.2) is 0 Å². The van der Waals surface area contributed by atoms with Crippen LogP contribution in [0.5, 0.6) is 11.5 Å². The molecule has 3 rings (SSSR count). The molecule has 2 N–H and O–H groups in total. The van der Waals surface area contributed by atoms with E-state index in [-0.39, 0.29) is 34.8 Å². The smallest absolute Gasteiger partial charge is 0.315 e. The number of rotatable bonds is 2. The van der Waals surface area contributed by atoms with Crippen molar-refractivity contribution in [3.8, 4) is 11.5 Å². The standard InChI is InChI=1S/C11H7N3O5S/c15-10-6(12-11(20)13-10)1-5-2-7(14(16)17)9-8(3-5)18-4-19-9/h1-3H,4H2,(H2,12,13,15,20). The molecular formula is C11H7N3O5S. The van der Waals surface area contributed by atoms with Gasteiger partial charge in [-0.1, -0.05) is 0 Å². The summed E-state index contributed by atoms with van der Waals surface area (Å²) in [6.45, 7) is -0.0704. The van der Waals surface area contributed by atoms with E-state index in [0.29, 0.717) is 5.56 Å². The van der Waals surface area contributed by atoms with Crippen LogP contribution in [-0.4, -0.2) is 22.7 Å². The van der Waals surface area contributed by atoms with E-state index in [1.165, 1.54) is 12.1 Å². The second kappa shape index (κ2) is 4.46. The Bertz CT molecular complexity index is 685. The summed E-state index contributed by atoms with van der Waals surface area (Å²) in [6.07, 6.45) is 1.45. The van der Waals surface area contributed by atoms with Crippen LogP contribution >= 0.6 is 12.2 Å². The monoisotopic (exact) mass is 293 g/mol. The van der Waals surface area contributed by atoms with Crippen LogP contribution in [0.25, 0.3) is 6.08 Å². The molecule has 2 heterocycles. The maximum absolute atomic E-state index is 11.5. The van der Waals surface area contributed by atoms with Gasteiger partial charge in [-0.2, -0.15) is 0 Å². The predicted molar refractivity (Wildman–Crippen MR) is 71.1 cm³/mol. The van der Waals surface area contributed by atoms with Crippen LogP contribution in [0.3, 0.4) is 0 Å². The molecule has 1 saturated heterocycles. The molecule has 9 heteroatoms. The number of nitro benzene ring substituents is 1. The molecule has 20 heavy (non-hydrogen) atoms.